The lowest BCUT2D eigenvalue weighted by Gasteiger charge is -2.20. The Balaban J connectivity index is 2.67. The van der Waals surface area contributed by atoms with Crippen LogP contribution in [0, 0.1) is 6.92 Å². The molecule has 0 aliphatic heterocycles. The maximum atomic E-state index is 11.5. The maximum absolute atomic E-state index is 11.5. The molecule has 100 valence electrons. The Morgan fingerprint density at radius 1 is 1.44 bits per heavy atom. The zero-order valence-electron chi connectivity index (χ0n) is 11.1. The van der Waals surface area contributed by atoms with Crippen LogP contribution in [0.15, 0.2) is 12.1 Å². The van der Waals surface area contributed by atoms with Gasteiger partial charge in [0.15, 0.2) is 0 Å². The first kappa shape index (κ1) is 14.6. The molecule has 1 amide bonds. The molecule has 0 atom stereocenters. The number of ether oxygens (including phenoxy) is 1. The van der Waals surface area contributed by atoms with Gasteiger partial charge < -0.3 is 15.8 Å². The average molecular weight is 271 g/mol. The van der Waals surface area contributed by atoms with Gasteiger partial charge in [0.25, 0.3) is 0 Å². The van der Waals surface area contributed by atoms with Crippen LogP contribution in [0.3, 0.4) is 0 Å². The summed E-state index contributed by atoms with van der Waals surface area (Å²) in [6.07, 6.45) is -0.473. The number of carbonyl (C=O) groups excluding carboxylic acids is 1. The third-order valence-electron chi connectivity index (χ3n) is 2.26. The van der Waals surface area contributed by atoms with Crippen LogP contribution in [0.2, 0.25) is 5.02 Å². The van der Waals surface area contributed by atoms with Crippen LogP contribution >= 0.6 is 11.6 Å². The van der Waals surface area contributed by atoms with Gasteiger partial charge in [-0.1, -0.05) is 11.6 Å². The molecule has 1 aromatic rings. The van der Waals surface area contributed by atoms with E-state index in [1.807, 2.05) is 27.7 Å². The molecular formula is C13H19ClN2O2. The number of rotatable bonds is 2. The SMILES string of the molecule is Cc1cc(Cl)cc(CNC(=O)OC(C)(C)C)c1N. The highest BCUT2D eigenvalue weighted by Gasteiger charge is 2.16. The van der Waals surface area contributed by atoms with Crippen molar-refractivity contribution in [1.29, 1.82) is 0 Å². The van der Waals surface area contributed by atoms with Crippen LogP contribution in [-0.4, -0.2) is 11.7 Å². The molecule has 0 bridgehead atoms. The maximum Gasteiger partial charge on any atom is 0.407 e. The fourth-order valence-corrected chi connectivity index (χ4v) is 1.75. The Morgan fingerprint density at radius 3 is 2.61 bits per heavy atom. The number of nitrogens with one attached hydrogen (secondary N) is 1. The highest BCUT2D eigenvalue weighted by atomic mass is 35.5. The van der Waals surface area contributed by atoms with E-state index in [9.17, 15) is 4.79 Å². The van der Waals surface area contributed by atoms with Crippen LogP contribution in [0.4, 0.5) is 10.5 Å². The molecule has 0 radical (unpaired) electrons. The number of hydrogen-bond acceptors (Lipinski definition) is 3. The van der Waals surface area contributed by atoms with E-state index in [0.29, 0.717) is 17.3 Å². The predicted molar refractivity (Wildman–Crippen MR) is 73.7 cm³/mol. The monoisotopic (exact) mass is 270 g/mol. The molecule has 18 heavy (non-hydrogen) atoms. The van der Waals surface area contributed by atoms with Gasteiger partial charge in [0.1, 0.15) is 5.60 Å². The van der Waals surface area contributed by atoms with E-state index in [1.54, 1.807) is 12.1 Å². The Bertz CT molecular complexity index is 453. The number of amides is 1. The minimum absolute atomic E-state index is 0.294. The normalized spacial score (nSPS) is 11.2. The van der Waals surface area contributed by atoms with Crippen LogP contribution in [0.25, 0.3) is 0 Å². The number of nitrogen functional groups attached to an aromatic ring is 1. The zero-order chi connectivity index (χ0) is 13.9. The molecule has 0 aliphatic rings. The summed E-state index contributed by atoms with van der Waals surface area (Å²) in [5.41, 5.74) is 7.71. The summed E-state index contributed by atoms with van der Waals surface area (Å²) in [7, 11) is 0. The molecule has 0 unspecified atom stereocenters. The summed E-state index contributed by atoms with van der Waals surface area (Å²) < 4.78 is 5.14. The molecule has 1 aromatic carbocycles. The quantitative estimate of drug-likeness (QED) is 0.811. The Hall–Kier alpha value is -1.42. The fraction of sp³-hybridized carbons (Fsp3) is 0.462. The smallest absolute Gasteiger partial charge is 0.407 e. The number of halogens is 1. The number of aryl methyl sites for hydroxylation is 1. The molecule has 4 nitrogen and oxygen atoms in total. The first-order valence-corrected chi connectivity index (χ1v) is 6.08. The number of hydrogen-bond donors (Lipinski definition) is 2. The Kier molecular flexibility index (Phi) is 4.46. The van der Waals surface area contributed by atoms with Crippen LogP contribution in [0.1, 0.15) is 31.9 Å². The Morgan fingerprint density at radius 2 is 2.06 bits per heavy atom. The van der Waals surface area contributed by atoms with Gasteiger partial charge in [-0.2, -0.15) is 0 Å². The van der Waals surface area contributed by atoms with Crippen molar-refractivity contribution in [3.63, 3.8) is 0 Å². The lowest BCUT2D eigenvalue weighted by Crippen LogP contribution is -2.32. The fourth-order valence-electron chi connectivity index (χ4n) is 1.45. The van der Waals surface area contributed by atoms with Crippen LogP contribution < -0.4 is 11.1 Å². The molecule has 0 fully saturated rings. The second-order valence-electron chi connectivity index (χ2n) is 5.15. The minimum Gasteiger partial charge on any atom is -0.444 e. The van der Waals surface area contributed by atoms with Gasteiger partial charge in [-0.15, -0.1) is 0 Å². The second kappa shape index (κ2) is 5.48. The van der Waals surface area contributed by atoms with E-state index in [4.69, 9.17) is 22.1 Å². The molecular weight excluding hydrogens is 252 g/mol. The van der Waals surface area contributed by atoms with Crippen molar-refractivity contribution in [2.24, 2.45) is 0 Å². The average Bonchev–Trinajstić information content (AvgIpc) is 2.18. The summed E-state index contributed by atoms with van der Waals surface area (Å²) in [6.45, 7) is 7.60. The zero-order valence-corrected chi connectivity index (χ0v) is 11.9. The van der Waals surface area contributed by atoms with Crippen molar-refractivity contribution in [3.8, 4) is 0 Å². The molecule has 3 N–H and O–H groups in total. The van der Waals surface area contributed by atoms with Crippen molar-refractivity contribution in [1.82, 2.24) is 5.32 Å². The van der Waals surface area contributed by atoms with Crippen molar-refractivity contribution >= 4 is 23.4 Å². The second-order valence-corrected chi connectivity index (χ2v) is 5.59. The molecule has 0 aliphatic carbocycles. The van der Waals surface area contributed by atoms with Crippen molar-refractivity contribution < 1.29 is 9.53 Å². The first-order valence-electron chi connectivity index (χ1n) is 5.70. The van der Waals surface area contributed by atoms with Gasteiger partial charge in [-0.3, -0.25) is 0 Å². The lowest BCUT2D eigenvalue weighted by molar-refractivity contribution is 0.0523. The topological polar surface area (TPSA) is 64.3 Å². The van der Waals surface area contributed by atoms with Crippen LogP contribution in [-0.2, 0) is 11.3 Å². The van der Waals surface area contributed by atoms with E-state index in [2.05, 4.69) is 5.32 Å². The van der Waals surface area contributed by atoms with E-state index in [0.717, 1.165) is 11.1 Å². The highest BCUT2D eigenvalue weighted by molar-refractivity contribution is 6.30. The van der Waals surface area contributed by atoms with Gasteiger partial charge in [-0.25, -0.2) is 4.79 Å². The number of nitrogens with two attached hydrogens (primary N) is 1. The molecule has 5 heteroatoms. The van der Waals surface area contributed by atoms with E-state index < -0.39 is 11.7 Å². The van der Waals surface area contributed by atoms with Gasteiger partial charge in [0.2, 0.25) is 0 Å². The summed E-state index contributed by atoms with van der Waals surface area (Å²) in [6, 6.07) is 3.52. The van der Waals surface area contributed by atoms with E-state index in [1.165, 1.54) is 0 Å². The minimum atomic E-state index is -0.514. The highest BCUT2D eigenvalue weighted by Crippen LogP contribution is 2.22. The molecule has 0 aromatic heterocycles. The van der Waals surface area contributed by atoms with Gasteiger partial charge in [-0.05, 0) is 51.0 Å². The van der Waals surface area contributed by atoms with Gasteiger partial charge >= 0.3 is 6.09 Å². The molecule has 1 rings (SSSR count). The summed E-state index contributed by atoms with van der Waals surface area (Å²) in [5.74, 6) is 0. The molecule has 0 heterocycles. The third kappa shape index (κ3) is 4.45. The number of benzene rings is 1. The van der Waals surface area contributed by atoms with E-state index in [-0.39, 0.29) is 0 Å². The predicted octanol–water partition coefficient (Wildman–Crippen LogP) is 3.26. The van der Waals surface area contributed by atoms with Crippen molar-refractivity contribution in [2.75, 3.05) is 5.73 Å². The van der Waals surface area contributed by atoms with Crippen LogP contribution in [0.5, 0.6) is 0 Å². The molecule has 0 spiro atoms. The summed E-state index contributed by atoms with van der Waals surface area (Å²) in [5, 5.41) is 3.25. The number of carbonyl (C=O) groups is 1. The Labute approximate surface area is 112 Å². The molecule has 0 saturated carbocycles. The largest absolute Gasteiger partial charge is 0.444 e. The first-order chi connectivity index (χ1) is 8.19. The molecule has 0 saturated heterocycles. The van der Waals surface area contributed by atoms with Crippen molar-refractivity contribution in [2.45, 2.75) is 39.8 Å². The third-order valence-corrected chi connectivity index (χ3v) is 2.48. The van der Waals surface area contributed by atoms with Crippen molar-refractivity contribution in [3.05, 3.63) is 28.3 Å². The summed E-state index contributed by atoms with van der Waals surface area (Å²) in [4.78, 5) is 11.5. The standard InChI is InChI=1S/C13H19ClN2O2/c1-8-5-10(14)6-9(11(8)15)7-16-12(17)18-13(2,3)4/h5-6H,7,15H2,1-4H3,(H,16,17). The number of anilines is 1. The van der Waals surface area contributed by atoms with Gasteiger partial charge in [0, 0.05) is 17.3 Å². The lowest BCUT2D eigenvalue weighted by atomic mass is 10.1. The van der Waals surface area contributed by atoms with Gasteiger partial charge in [0.05, 0.1) is 0 Å². The summed E-state index contributed by atoms with van der Waals surface area (Å²) >= 11 is 5.94. The van der Waals surface area contributed by atoms with E-state index >= 15 is 0 Å². The number of alkyl carbamates (subject to hydrolysis) is 1.